The van der Waals surface area contributed by atoms with Gasteiger partial charge in [-0.25, -0.2) is 0 Å². The molecule has 224 valence electrons. The van der Waals surface area contributed by atoms with E-state index in [1.54, 1.807) is 7.05 Å². The molecule has 3 unspecified atom stereocenters. The van der Waals surface area contributed by atoms with E-state index in [4.69, 9.17) is 14.7 Å². The maximum Gasteiger partial charge on any atom is 0.481 e. The molecular formula is C30H52BN5O4. The average molecular weight is 558 g/mol. The fraction of sp³-hybridized carbons (Fsp3) is 0.900. The molecular weight excluding hydrogens is 505 g/mol. The van der Waals surface area contributed by atoms with Crippen LogP contribution in [-0.2, 0) is 18.9 Å². The number of hydrogen-bond donors (Lipinski definition) is 5. The molecule has 10 heteroatoms. The monoisotopic (exact) mass is 557 g/mol. The zero-order valence-corrected chi connectivity index (χ0v) is 25.5. The van der Waals surface area contributed by atoms with E-state index in [-0.39, 0.29) is 46.8 Å². The van der Waals surface area contributed by atoms with E-state index in [2.05, 4.69) is 55.9 Å². The van der Waals surface area contributed by atoms with Crippen molar-refractivity contribution in [1.29, 1.82) is 5.41 Å². The van der Waals surface area contributed by atoms with Gasteiger partial charge in [-0.3, -0.25) is 15.0 Å². The fourth-order valence-corrected chi connectivity index (χ4v) is 8.82. The molecule has 6 rings (SSSR count). The summed E-state index contributed by atoms with van der Waals surface area (Å²) in [5, 5.41) is 20.0. The van der Waals surface area contributed by atoms with Crippen LogP contribution in [0, 0.1) is 46.3 Å². The molecule has 5 N–H and O–H groups in total. The number of nitrogens with one attached hydrogen (secondary N) is 5. The maximum atomic E-state index is 13.8. The summed E-state index contributed by atoms with van der Waals surface area (Å²) in [6.45, 7) is 11.8. The van der Waals surface area contributed by atoms with E-state index in [0.29, 0.717) is 49.0 Å². The zero-order valence-electron chi connectivity index (χ0n) is 25.5. The molecule has 9 nitrogen and oxygen atoms in total. The van der Waals surface area contributed by atoms with Crippen molar-refractivity contribution < 1.29 is 18.9 Å². The number of fused-ring (bicyclic) bond motifs is 2. The van der Waals surface area contributed by atoms with Gasteiger partial charge in [0.05, 0.1) is 17.6 Å². The summed E-state index contributed by atoms with van der Waals surface area (Å²) >= 11 is 0. The normalized spacial score (nSPS) is 36.4. The van der Waals surface area contributed by atoms with E-state index in [1.807, 2.05) is 0 Å². The first-order valence-corrected chi connectivity index (χ1v) is 15.9. The number of hydrogen-bond acceptors (Lipinski definition) is 5. The summed E-state index contributed by atoms with van der Waals surface area (Å²) in [6, 6.07) is -0.627. The fourth-order valence-electron chi connectivity index (χ4n) is 8.82. The van der Waals surface area contributed by atoms with Crippen molar-refractivity contribution in [1.82, 2.24) is 21.3 Å². The lowest BCUT2D eigenvalue weighted by atomic mass is 9.43. The predicted octanol–water partition coefficient (Wildman–Crippen LogP) is 3.23. The van der Waals surface area contributed by atoms with Crippen molar-refractivity contribution in [2.75, 3.05) is 13.6 Å². The van der Waals surface area contributed by atoms with Gasteiger partial charge in [0.15, 0.2) is 5.96 Å². The van der Waals surface area contributed by atoms with Crippen LogP contribution < -0.4 is 21.3 Å². The van der Waals surface area contributed by atoms with Crippen LogP contribution in [0.3, 0.4) is 0 Å². The van der Waals surface area contributed by atoms with Gasteiger partial charge in [-0.15, -0.1) is 0 Å². The minimum atomic E-state index is -0.627. The molecule has 4 bridgehead atoms. The van der Waals surface area contributed by atoms with Gasteiger partial charge < -0.3 is 30.6 Å². The van der Waals surface area contributed by atoms with Gasteiger partial charge >= 0.3 is 7.12 Å². The standard InChI is InChI=1S/C30H52BN5O4/c1-17(2)12-25(31-39-24-16-20-15-23(29(20,3)4)30(24,5)40-31)36-27(38)22(8-7-11-34-28(32)33-6)35-26(37)21-14-18-9-10-19(21)13-18/h17-25H,7-16H2,1-6H3,(H,35,37)(H,36,38)(H3,32,33,34)/t18?,19?,20-,21?,22-,23-,24+,25-,30-/m0/s1. The molecule has 40 heavy (non-hydrogen) atoms. The Labute approximate surface area is 241 Å². The van der Waals surface area contributed by atoms with Gasteiger partial charge in [0.1, 0.15) is 6.04 Å². The molecule has 0 aromatic rings. The van der Waals surface area contributed by atoms with Crippen molar-refractivity contribution >= 4 is 24.9 Å². The summed E-state index contributed by atoms with van der Waals surface area (Å²) in [5.74, 6) is 2.44. The third kappa shape index (κ3) is 5.64. The number of carbonyl (C=O) groups excluding carboxylic acids is 2. The molecule has 6 fully saturated rings. The topological polar surface area (TPSA) is 125 Å². The molecule has 1 heterocycles. The van der Waals surface area contributed by atoms with Crippen molar-refractivity contribution in [2.24, 2.45) is 40.9 Å². The largest absolute Gasteiger partial charge is 0.481 e. The Morgan fingerprint density at radius 2 is 1.85 bits per heavy atom. The van der Waals surface area contributed by atoms with Crippen LogP contribution >= 0.6 is 0 Å². The molecule has 0 spiro atoms. The molecule has 1 aliphatic heterocycles. The maximum absolute atomic E-state index is 13.8. The van der Waals surface area contributed by atoms with E-state index >= 15 is 0 Å². The lowest BCUT2D eigenvalue weighted by Crippen LogP contribution is -2.65. The molecule has 0 radical (unpaired) electrons. The van der Waals surface area contributed by atoms with Gasteiger partial charge in [0.25, 0.3) is 0 Å². The zero-order chi connectivity index (χ0) is 28.8. The SMILES string of the molecule is CNC(=N)NCCC[C@H](NC(=O)C1CC2CCC1C2)C(=O)N[C@@H](CC(C)C)B1O[C@@H]2C[C@@H]3C[C@@H](C3(C)C)[C@]2(C)O1. The summed E-state index contributed by atoms with van der Waals surface area (Å²) in [4.78, 5) is 27.2. The minimum Gasteiger partial charge on any atom is -0.404 e. The molecule has 2 amide bonds. The van der Waals surface area contributed by atoms with Crippen LogP contribution in [0.4, 0.5) is 0 Å². The molecule has 9 atom stereocenters. The van der Waals surface area contributed by atoms with Crippen LogP contribution in [0.2, 0.25) is 0 Å². The third-order valence-corrected chi connectivity index (χ3v) is 11.3. The van der Waals surface area contributed by atoms with Gasteiger partial charge in [-0.2, -0.15) is 0 Å². The van der Waals surface area contributed by atoms with Crippen LogP contribution in [0.5, 0.6) is 0 Å². The average Bonchev–Trinajstić information content (AvgIpc) is 3.62. The van der Waals surface area contributed by atoms with E-state index in [9.17, 15) is 9.59 Å². The molecule has 6 aliphatic rings. The van der Waals surface area contributed by atoms with Gasteiger partial charge in [-0.05, 0) is 93.3 Å². The third-order valence-electron chi connectivity index (χ3n) is 11.3. The second-order valence-electron chi connectivity index (χ2n) is 14.6. The Morgan fingerprint density at radius 1 is 1.07 bits per heavy atom. The van der Waals surface area contributed by atoms with E-state index < -0.39 is 13.2 Å². The highest BCUT2D eigenvalue weighted by Gasteiger charge is 2.68. The Balaban J connectivity index is 1.25. The van der Waals surface area contributed by atoms with Crippen LogP contribution in [0.15, 0.2) is 0 Å². The van der Waals surface area contributed by atoms with Crippen LogP contribution in [-0.4, -0.2) is 62.2 Å². The minimum absolute atomic E-state index is 0.0236. The first-order valence-electron chi connectivity index (χ1n) is 15.9. The van der Waals surface area contributed by atoms with Crippen molar-refractivity contribution in [3.63, 3.8) is 0 Å². The lowest BCUT2D eigenvalue weighted by Gasteiger charge is -2.64. The van der Waals surface area contributed by atoms with Crippen molar-refractivity contribution in [3.8, 4) is 0 Å². The molecule has 5 aliphatic carbocycles. The lowest BCUT2D eigenvalue weighted by molar-refractivity contribution is -0.199. The quantitative estimate of drug-likeness (QED) is 0.115. The summed E-state index contributed by atoms with van der Waals surface area (Å²) < 4.78 is 13.3. The first kappa shape index (κ1) is 29.7. The number of rotatable bonds is 11. The number of guanidine groups is 1. The Hall–Kier alpha value is -1.81. The molecule has 0 aromatic carbocycles. The summed E-state index contributed by atoms with van der Waals surface area (Å²) in [6.07, 6.45) is 8.61. The smallest absolute Gasteiger partial charge is 0.404 e. The molecule has 1 saturated heterocycles. The Bertz CT molecular complexity index is 978. The van der Waals surface area contributed by atoms with Gasteiger partial charge in [0, 0.05) is 19.5 Å². The number of amides is 2. The molecule has 0 aromatic heterocycles. The summed E-state index contributed by atoms with van der Waals surface area (Å²) in [7, 11) is 1.21. The second-order valence-corrected chi connectivity index (χ2v) is 14.6. The Kier molecular flexibility index (Phi) is 8.51. The highest BCUT2D eigenvalue weighted by Crippen LogP contribution is 2.65. The van der Waals surface area contributed by atoms with E-state index in [0.717, 1.165) is 32.1 Å². The Morgan fingerprint density at radius 3 is 2.48 bits per heavy atom. The first-order chi connectivity index (χ1) is 18.9. The van der Waals surface area contributed by atoms with Crippen LogP contribution in [0.25, 0.3) is 0 Å². The highest BCUT2D eigenvalue weighted by atomic mass is 16.7. The second kappa shape index (κ2) is 11.5. The predicted molar refractivity (Wildman–Crippen MR) is 156 cm³/mol. The highest BCUT2D eigenvalue weighted by molar-refractivity contribution is 6.48. The number of carbonyl (C=O) groups is 2. The molecule has 5 saturated carbocycles. The van der Waals surface area contributed by atoms with Crippen molar-refractivity contribution in [3.05, 3.63) is 0 Å². The summed E-state index contributed by atoms with van der Waals surface area (Å²) in [5.41, 5.74) is -0.0746. The van der Waals surface area contributed by atoms with Gasteiger partial charge in [0.2, 0.25) is 11.8 Å². The van der Waals surface area contributed by atoms with Crippen molar-refractivity contribution in [2.45, 2.75) is 116 Å². The van der Waals surface area contributed by atoms with Crippen LogP contribution in [0.1, 0.15) is 92.4 Å². The van der Waals surface area contributed by atoms with Gasteiger partial charge in [-0.1, -0.05) is 34.1 Å². The van der Waals surface area contributed by atoms with E-state index in [1.165, 1.54) is 12.8 Å².